The van der Waals surface area contributed by atoms with Crippen LogP contribution in [0, 0.1) is 0 Å². The van der Waals surface area contributed by atoms with Crippen molar-refractivity contribution in [2.24, 2.45) is 0 Å². The number of carbonyl (C=O) groups is 2. The quantitative estimate of drug-likeness (QED) is 0.467. The molecule has 0 aliphatic carbocycles. The minimum Gasteiger partial charge on any atom is -0.390 e. The molecule has 2 aromatic heterocycles. The number of benzene rings is 1. The smallest absolute Gasteiger partial charge is 0.320 e. The number of hydrogen-bond acceptors (Lipinski definition) is 7. The Hall–Kier alpha value is -3.89. The van der Waals surface area contributed by atoms with E-state index < -0.39 is 6.10 Å². The number of fused-ring (bicyclic) bond motifs is 1. The molecule has 1 unspecified atom stereocenters. The van der Waals surface area contributed by atoms with Crippen LogP contribution in [0.3, 0.4) is 0 Å². The van der Waals surface area contributed by atoms with Crippen molar-refractivity contribution < 1.29 is 14.7 Å². The number of β-amino-alcohol motifs (C(OH)–C–C–N with tert-alkyl or cyclic N) is 1. The van der Waals surface area contributed by atoms with Crippen LogP contribution in [-0.4, -0.2) is 104 Å². The van der Waals surface area contributed by atoms with Crippen LogP contribution >= 0.6 is 0 Å². The van der Waals surface area contributed by atoms with E-state index in [-0.39, 0.29) is 17.8 Å². The number of aliphatic hydroxyl groups is 1. The Kier molecular flexibility index (Phi) is 7.70. The van der Waals surface area contributed by atoms with Crippen LogP contribution < -0.4 is 0 Å². The fraction of sp³-hybridized carbons (Fsp3) is 0.433. The molecule has 6 rings (SSSR count). The molecule has 5 heterocycles. The monoisotopic (exact) mass is 541 g/mol. The number of urea groups is 1. The van der Waals surface area contributed by atoms with Crippen molar-refractivity contribution in [2.45, 2.75) is 38.5 Å². The van der Waals surface area contributed by atoms with Crippen molar-refractivity contribution in [3.63, 3.8) is 0 Å². The number of pyridine rings is 1. The summed E-state index contributed by atoms with van der Waals surface area (Å²) in [6, 6.07) is 12.2. The van der Waals surface area contributed by atoms with Gasteiger partial charge in [0.15, 0.2) is 0 Å². The lowest BCUT2D eigenvalue weighted by Gasteiger charge is -2.31. The highest BCUT2D eigenvalue weighted by Gasteiger charge is 2.30. The summed E-state index contributed by atoms with van der Waals surface area (Å²) in [6.45, 7) is 5.85. The van der Waals surface area contributed by atoms with Gasteiger partial charge < -0.3 is 19.8 Å². The van der Waals surface area contributed by atoms with Crippen LogP contribution in [0.15, 0.2) is 55.0 Å². The maximum absolute atomic E-state index is 13.0. The average Bonchev–Trinajstić information content (AvgIpc) is 3.64. The molecule has 3 aliphatic heterocycles. The molecule has 10 nitrogen and oxygen atoms in total. The van der Waals surface area contributed by atoms with E-state index >= 15 is 0 Å². The fourth-order valence-corrected chi connectivity index (χ4v) is 5.81. The molecule has 10 heteroatoms. The van der Waals surface area contributed by atoms with Crippen molar-refractivity contribution in [3.05, 3.63) is 77.5 Å². The molecule has 3 amide bonds. The van der Waals surface area contributed by atoms with Crippen LogP contribution in [0.2, 0.25) is 0 Å². The maximum atomic E-state index is 13.0. The summed E-state index contributed by atoms with van der Waals surface area (Å²) in [5, 5.41) is 10.7. The molecule has 40 heavy (non-hydrogen) atoms. The second-order valence-corrected chi connectivity index (χ2v) is 10.9. The lowest BCUT2D eigenvalue weighted by molar-refractivity contribution is 0.0780. The van der Waals surface area contributed by atoms with Crippen LogP contribution in [0.4, 0.5) is 4.79 Å². The van der Waals surface area contributed by atoms with E-state index in [1.54, 1.807) is 33.3 Å². The third kappa shape index (κ3) is 5.83. The number of aliphatic hydroxyl groups excluding tert-OH is 1. The highest BCUT2D eigenvalue weighted by molar-refractivity contribution is 5.90. The third-order valence-corrected chi connectivity index (χ3v) is 8.02. The maximum Gasteiger partial charge on any atom is 0.320 e. The summed E-state index contributed by atoms with van der Waals surface area (Å²) < 4.78 is 0. The van der Waals surface area contributed by atoms with Gasteiger partial charge in [0.25, 0.3) is 5.91 Å². The first-order valence-electron chi connectivity index (χ1n) is 14.1. The Morgan fingerprint density at radius 1 is 0.850 bits per heavy atom. The predicted molar refractivity (Wildman–Crippen MR) is 149 cm³/mol. The Morgan fingerprint density at radius 2 is 1.60 bits per heavy atom. The topological polar surface area (TPSA) is 106 Å². The number of carbonyl (C=O) groups excluding carboxylic acids is 2. The standard InChI is InChI=1S/C30H35N7O3/c38-26(20-34-12-9-23-5-1-2-6-24(23)19-34)21-37-14-13-36(30(37)40)18-22-7-8-27(31-15-22)25-16-32-28(33-17-25)29(39)35-10-3-4-11-35/h1-2,5-8,15-17,26,38H,3-4,9-14,18-21H2. The Morgan fingerprint density at radius 3 is 2.35 bits per heavy atom. The molecule has 1 aromatic carbocycles. The minimum absolute atomic E-state index is 0.0567. The lowest BCUT2D eigenvalue weighted by atomic mass is 10.00. The van der Waals surface area contributed by atoms with Crippen molar-refractivity contribution in [1.29, 1.82) is 0 Å². The Balaban J connectivity index is 0.992. The molecule has 0 spiro atoms. The van der Waals surface area contributed by atoms with Crippen molar-refractivity contribution in [2.75, 3.05) is 45.8 Å². The van der Waals surface area contributed by atoms with Gasteiger partial charge in [0, 0.05) is 83.1 Å². The number of hydrogen-bond donors (Lipinski definition) is 1. The molecular weight excluding hydrogens is 506 g/mol. The number of aromatic nitrogens is 3. The van der Waals surface area contributed by atoms with Crippen LogP contribution in [-0.2, 0) is 19.5 Å². The Bertz CT molecular complexity index is 1340. The molecule has 1 N–H and O–H groups in total. The molecular formula is C30H35N7O3. The van der Waals surface area contributed by atoms with Gasteiger partial charge in [0.05, 0.1) is 11.8 Å². The second-order valence-electron chi connectivity index (χ2n) is 10.9. The van der Waals surface area contributed by atoms with E-state index in [4.69, 9.17) is 0 Å². The van der Waals surface area contributed by atoms with Crippen molar-refractivity contribution in [3.8, 4) is 11.3 Å². The van der Waals surface area contributed by atoms with Gasteiger partial charge in [-0.1, -0.05) is 30.3 Å². The number of likely N-dealkylation sites (tertiary alicyclic amines) is 1. The average molecular weight is 542 g/mol. The van der Waals surface area contributed by atoms with Gasteiger partial charge in [-0.25, -0.2) is 14.8 Å². The zero-order chi connectivity index (χ0) is 27.5. The summed E-state index contributed by atoms with van der Waals surface area (Å²) in [5.74, 6) is 0.0900. The third-order valence-electron chi connectivity index (χ3n) is 8.02. The van der Waals surface area contributed by atoms with E-state index in [1.807, 2.05) is 12.1 Å². The molecule has 0 saturated carbocycles. The first-order valence-corrected chi connectivity index (χ1v) is 14.1. The van der Waals surface area contributed by atoms with Crippen LogP contribution in [0.1, 0.15) is 40.2 Å². The molecule has 0 bridgehead atoms. The van der Waals surface area contributed by atoms with E-state index in [2.05, 4.69) is 44.1 Å². The highest BCUT2D eigenvalue weighted by atomic mass is 16.3. The summed E-state index contributed by atoms with van der Waals surface area (Å²) in [6.07, 6.45) is 7.48. The molecule has 2 fully saturated rings. The molecule has 1 atom stereocenters. The molecule has 3 aliphatic rings. The van der Waals surface area contributed by atoms with Crippen LogP contribution in [0.5, 0.6) is 0 Å². The van der Waals surface area contributed by atoms with E-state index in [0.717, 1.165) is 56.6 Å². The largest absolute Gasteiger partial charge is 0.390 e. The number of nitrogens with zero attached hydrogens (tertiary/aromatic N) is 7. The van der Waals surface area contributed by atoms with Crippen molar-refractivity contribution >= 4 is 11.9 Å². The summed E-state index contributed by atoms with van der Waals surface area (Å²) in [5.41, 5.74) is 5.08. The first-order chi connectivity index (χ1) is 19.5. The van der Waals surface area contributed by atoms with Gasteiger partial charge in [0.2, 0.25) is 5.82 Å². The van der Waals surface area contributed by atoms with Crippen molar-refractivity contribution in [1.82, 2.24) is 34.6 Å². The summed E-state index contributed by atoms with van der Waals surface area (Å²) in [7, 11) is 0. The Labute approximate surface area is 234 Å². The number of amides is 3. The number of rotatable bonds is 8. The summed E-state index contributed by atoms with van der Waals surface area (Å²) >= 11 is 0. The molecule has 208 valence electrons. The van der Waals surface area contributed by atoms with E-state index in [0.29, 0.717) is 38.4 Å². The lowest BCUT2D eigenvalue weighted by Crippen LogP contribution is -2.43. The SMILES string of the molecule is O=C(c1ncc(-c2ccc(CN3CCN(CC(O)CN4CCc5ccccc5C4)C3=O)cn2)cn1)N1CCCC1. The van der Waals surface area contributed by atoms with Gasteiger partial charge in [-0.3, -0.25) is 14.7 Å². The molecule has 2 saturated heterocycles. The predicted octanol–water partition coefficient (Wildman–Crippen LogP) is 2.43. The molecule has 0 radical (unpaired) electrons. The normalized spacial score (nSPS) is 18.3. The van der Waals surface area contributed by atoms with Gasteiger partial charge in [-0.15, -0.1) is 0 Å². The van der Waals surface area contributed by atoms with Crippen LogP contribution in [0.25, 0.3) is 11.3 Å². The van der Waals surface area contributed by atoms with E-state index in [9.17, 15) is 14.7 Å². The fourth-order valence-electron chi connectivity index (χ4n) is 5.81. The van der Waals surface area contributed by atoms with Gasteiger partial charge in [-0.2, -0.15) is 0 Å². The zero-order valence-electron chi connectivity index (χ0n) is 22.7. The zero-order valence-corrected chi connectivity index (χ0v) is 22.7. The van der Waals surface area contributed by atoms with E-state index in [1.165, 1.54) is 11.1 Å². The first kappa shape index (κ1) is 26.3. The van der Waals surface area contributed by atoms with Gasteiger partial charge >= 0.3 is 6.03 Å². The summed E-state index contributed by atoms with van der Waals surface area (Å²) in [4.78, 5) is 46.2. The molecule has 3 aromatic rings. The van der Waals surface area contributed by atoms with Gasteiger partial charge in [0.1, 0.15) is 0 Å². The van der Waals surface area contributed by atoms with Gasteiger partial charge in [-0.05, 0) is 42.0 Å². The second kappa shape index (κ2) is 11.7. The highest BCUT2D eigenvalue weighted by Crippen LogP contribution is 2.21. The minimum atomic E-state index is -0.589.